The Morgan fingerprint density at radius 3 is 2.44 bits per heavy atom. The summed E-state index contributed by atoms with van der Waals surface area (Å²) in [6.45, 7) is 1.43. The number of benzene rings is 1. The molecule has 1 aromatic carbocycles. The monoisotopic (exact) mass is 228 g/mol. The lowest BCUT2D eigenvalue weighted by atomic mass is 10.1. The van der Waals surface area contributed by atoms with Gasteiger partial charge in [-0.3, -0.25) is 0 Å². The van der Waals surface area contributed by atoms with Crippen LogP contribution in [0.5, 0.6) is 0 Å². The standard InChI is InChI=1S/C10H8BF3O2/c1-7-6-10(16-11(13,14)15-7)8-2-4-9(12)5-3-8/h2-5,7H,1H3. The Labute approximate surface area is 90.7 Å². The van der Waals surface area contributed by atoms with Gasteiger partial charge in [-0.1, -0.05) is 0 Å². The predicted octanol–water partition coefficient (Wildman–Crippen LogP) is 2.78. The lowest BCUT2D eigenvalue weighted by molar-refractivity contribution is 0.0905. The molecular weight excluding hydrogens is 220 g/mol. The Kier molecular flexibility index (Phi) is 2.62. The first-order chi connectivity index (χ1) is 7.46. The maximum Gasteiger partial charge on any atom is 0.668 e. The van der Waals surface area contributed by atoms with E-state index in [0.717, 1.165) is 0 Å². The van der Waals surface area contributed by atoms with E-state index in [0.29, 0.717) is 5.56 Å². The Hall–Kier alpha value is -1.52. The smallest absolute Gasteiger partial charge is 0.601 e. The highest BCUT2D eigenvalue weighted by Crippen LogP contribution is 2.29. The zero-order valence-electron chi connectivity index (χ0n) is 8.41. The summed E-state index contributed by atoms with van der Waals surface area (Å²) < 4.78 is 47.2. The van der Waals surface area contributed by atoms with E-state index in [9.17, 15) is 13.0 Å². The quantitative estimate of drug-likeness (QED) is 0.543. The van der Waals surface area contributed by atoms with E-state index in [1.807, 2.05) is 0 Å². The molecule has 0 bridgehead atoms. The lowest BCUT2D eigenvalue weighted by Crippen LogP contribution is -2.38. The van der Waals surface area contributed by atoms with Gasteiger partial charge in [-0.25, -0.2) is 4.39 Å². The SMILES string of the molecule is CC1[C+]=C(c2ccc(F)cc2)O[B-](F)(F)O1. The predicted molar refractivity (Wildman–Crippen MR) is 52.7 cm³/mol. The average Bonchev–Trinajstić information content (AvgIpc) is 2.15. The van der Waals surface area contributed by atoms with Crippen LogP contribution in [0.25, 0.3) is 5.76 Å². The van der Waals surface area contributed by atoms with E-state index < -0.39 is 19.0 Å². The van der Waals surface area contributed by atoms with Crippen molar-refractivity contribution in [2.24, 2.45) is 0 Å². The molecule has 1 heterocycles. The molecule has 84 valence electrons. The van der Waals surface area contributed by atoms with Crippen LogP contribution in [0.3, 0.4) is 0 Å². The molecule has 1 aromatic rings. The molecule has 0 spiro atoms. The molecule has 0 radical (unpaired) electrons. The van der Waals surface area contributed by atoms with Crippen molar-refractivity contribution >= 4 is 12.9 Å². The van der Waals surface area contributed by atoms with E-state index in [1.54, 1.807) is 0 Å². The van der Waals surface area contributed by atoms with Crippen molar-refractivity contribution < 1.29 is 22.3 Å². The largest absolute Gasteiger partial charge is 0.668 e. The van der Waals surface area contributed by atoms with E-state index >= 15 is 0 Å². The van der Waals surface area contributed by atoms with Crippen molar-refractivity contribution in [1.29, 1.82) is 0 Å². The molecule has 1 aliphatic heterocycles. The Balaban J connectivity index is 2.30. The van der Waals surface area contributed by atoms with Crippen LogP contribution in [0.15, 0.2) is 24.3 Å². The zero-order chi connectivity index (χ0) is 11.8. The third-order valence-electron chi connectivity index (χ3n) is 2.06. The Morgan fingerprint density at radius 1 is 1.25 bits per heavy atom. The van der Waals surface area contributed by atoms with Crippen LogP contribution < -0.4 is 0 Å². The molecule has 0 aliphatic carbocycles. The first-order valence-electron chi connectivity index (χ1n) is 4.72. The third-order valence-corrected chi connectivity index (χ3v) is 2.06. The van der Waals surface area contributed by atoms with E-state index in [1.165, 1.54) is 31.2 Å². The molecule has 2 rings (SSSR count). The summed E-state index contributed by atoms with van der Waals surface area (Å²) >= 11 is 0. The minimum absolute atomic E-state index is 0.108. The van der Waals surface area contributed by atoms with Gasteiger partial charge in [0.05, 0.1) is 0 Å². The minimum Gasteiger partial charge on any atom is -0.601 e. The van der Waals surface area contributed by atoms with Gasteiger partial charge >= 0.3 is 12.9 Å². The maximum atomic E-state index is 13.0. The highest BCUT2D eigenvalue weighted by molar-refractivity contribution is 6.53. The molecule has 16 heavy (non-hydrogen) atoms. The third kappa shape index (κ3) is 2.35. The van der Waals surface area contributed by atoms with Gasteiger partial charge in [0.25, 0.3) is 0 Å². The van der Waals surface area contributed by atoms with Crippen molar-refractivity contribution in [1.82, 2.24) is 0 Å². The summed E-state index contributed by atoms with van der Waals surface area (Å²) in [5.41, 5.74) is 0.345. The molecule has 0 saturated heterocycles. The number of hydrogen-bond donors (Lipinski definition) is 0. The van der Waals surface area contributed by atoms with Crippen molar-refractivity contribution in [3.63, 3.8) is 0 Å². The minimum atomic E-state index is -4.32. The Morgan fingerprint density at radius 2 is 1.88 bits per heavy atom. The van der Waals surface area contributed by atoms with Crippen LogP contribution in [0.2, 0.25) is 0 Å². The van der Waals surface area contributed by atoms with Crippen LogP contribution in [0, 0.1) is 11.9 Å². The molecule has 6 heteroatoms. The van der Waals surface area contributed by atoms with E-state index in [2.05, 4.69) is 15.4 Å². The first kappa shape index (κ1) is 11.0. The van der Waals surface area contributed by atoms with Gasteiger partial charge < -0.3 is 17.9 Å². The van der Waals surface area contributed by atoms with Gasteiger partial charge in [0.2, 0.25) is 0 Å². The summed E-state index contributed by atoms with van der Waals surface area (Å²) in [4.78, 5) is 0. The molecular formula is C10H8BF3O2. The summed E-state index contributed by atoms with van der Waals surface area (Å²) in [6, 6.07) is 5.03. The fourth-order valence-corrected chi connectivity index (χ4v) is 1.41. The lowest BCUT2D eigenvalue weighted by Gasteiger charge is -2.29. The second-order valence-electron chi connectivity index (χ2n) is 3.41. The number of hydrogen-bond acceptors (Lipinski definition) is 2. The van der Waals surface area contributed by atoms with Gasteiger partial charge in [0, 0.05) is 12.1 Å². The number of rotatable bonds is 1. The van der Waals surface area contributed by atoms with Crippen LogP contribution in [-0.4, -0.2) is 13.2 Å². The van der Waals surface area contributed by atoms with Gasteiger partial charge in [0.15, 0.2) is 11.7 Å². The highest BCUT2D eigenvalue weighted by atomic mass is 19.3. The topological polar surface area (TPSA) is 18.5 Å². The number of halogens is 3. The molecule has 2 nitrogen and oxygen atoms in total. The summed E-state index contributed by atoms with van der Waals surface area (Å²) in [5, 5.41) is 0. The molecule has 0 fully saturated rings. The van der Waals surface area contributed by atoms with E-state index in [-0.39, 0.29) is 5.76 Å². The van der Waals surface area contributed by atoms with Crippen molar-refractivity contribution in [3.8, 4) is 0 Å². The average molecular weight is 228 g/mol. The van der Waals surface area contributed by atoms with Crippen LogP contribution in [-0.2, 0) is 9.31 Å². The summed E-state index contributed by atoms with van der Waals surface area (Å²) in [5.74, 6) is -0.550. The summed E-state index contributed by atoms with van der Waals surface area (Å²) in [6.07, 6.45) is 1.74. The molecule has 0 amide bonds. The molecule has 1 unspecified atom stereocenters. The van der Waals surface area contributed by atoms with Gasteiger partial charge in [-0.05, 0) is 19.1 Å². The van der Waals surface area contributed by atoms with Crippen molar-refractivity contribution in [2.75, 3.05) is 0 Å². The van der Waals surface area contributed by atoms with E-state index in [4.69, 9.17) is 0 Å². The highest BCUT2D eigenvalue weighted by Gasteiger charge is 2.41. The normalized spacial score (nSPS) is 23.0. The van der Waals surface area contributed by atoms with Crippen molar-refractivity contribution in [2.45, 2.75) is 13.0 Å². The maximum absolute atomic E-state index is 13.0. The Bertz CT molecular complexity index is 417. The molecule has 1 atom stereocenters. The fraction of sp³-hybridized carbons (Fsp3) is 0.200. The summed E-state index contributed by atoms with van der Waals surface area (Å²) in [7, 11) is -4.32. The first-order valence-corrected chi connectivity index (χ1v) is 4.72. The molecule has 0 aromatic heterocycles. The van der Waals surface area contributed by atoms with Crippen molar-refractivity contribution in [3.05, 3.63) is 41.7 Å². The van der Waals surface area contributed by atoms with Crippen LogP contribution in [0.1, 0.15) is 12.5 Å². The molecule has 1 aliphatic rings. The second kappa shape index (κ2) is 3.81. The zero-order valence-corrected chi connectivity index (χ0v) is 8.41. The van der Waals surface area contributed by atoms with Crippen LogP contribution in [0.4, 0.5) is 13.0 Å². The van der Waals surface area contributed by atoms with Gasteiger partial charge in [-0.2, -0.15) is 0 Å². The molecule has 0 saturated carbocycles. The second-order valence-corrected chi connectivity index (χ2v) is 3.41. The fourth-order valence-electron chi connectivity index (χ4n) is 1.41. The molecule has 0 N–H and O–H groups in total. The van der Waals surface area contributed by atoms with Gasteiger partial charge in [-0.15, -0.1) is 0 Å². The van der Waals surface area contributed by atoms with Crippen LogP contribution >= 0.6 is 0 Å². The van der Waals surface area contributed by atoms with Gasteiger partial charge in [0.1, 0.15) is 11.9 Å².